The zero-order valence-electron chi connectivity index (χ0n) is 27.3. The third-order valence-corrected chi connectivity index (χ3v) is 8.49. The lowest BCUT2D eigenvalue weighted by atomic mass is 10.00. The number of rotatable bonds is 25. The second kappa shape index (κ2) is 21.8. The lowest BCUT2D eigenvalue weighted by Crippen LogP contribution is -1.99. The van der Waals surface area contributed by atoms with Crippen molar-refractivity contribution in [3.8, 4) is 11.5 Å². The lowest BCUT2D eigenvalue weighted by Gasteiger charge is -2.10. The summed E-state index contributed by atoms with van der Waals surface area (Å²) >= 11 is 0. The molecule has 0 aliphatic heterocycles. The number of benzene rings is 3. The summed E-state index contributed by atoms with van der Waals surface area (Å²) in [6.45, 7) is 5.83. The maximum absolute atomic E-state index is 12.7. The van der Waals surface area contributed by atoms with E-state index in [4.69, 9.17) is 9.47 Å². The summed E-state index contributed by atoms with van der Waals surface area (Å²) < 4.78 is 12.0. The van der Waals surface area contributed by atoms with Crippen molar-refractivity contribution in [2.24, 2.45) is 0 Å². The Morgan fingerprint density at radius 1 is 0.512 bits per heavy atom. The van der Waals surface area contributed by atoms with Crippen LogP contribution in [0.5, 0.6) is 11.5 Å². The Kier molecular flexibility index (Phi) is 17.6. The van der Waals surface area contributed by atoms with Crippen molar-refractivity contribution in [2.75, 3.05) is 6.61 Å². The van der Waals surface area contributed by atoms with Crippen LogP contribution in [0, 0.1) is 0 Å². The molecule has 0 amide bonds. The van der Waals surface area contributed by atoms with Gasteiger partial charge in [-0.2, -0.15) is 0 Å². The number of unbranched alkanes of at least 4 members (excludes halogenated alkanes) is 16. The van der Waals surface area contributed by atoms with Crippen LogP contribution in [0.1, 0.15) is 152 Å². The first-order chi connectivity index (χ1) is 21.2. The minimum absolute atomic E-state index is 0.254. The molecule has 0 fully saturated rings. The van der Waals surface area contributed by atoms with Gasteiger partial charge in [0.05, 0.1) is 6.61 Å². The molecule has 3 rings (SSSR count). The Bertz CT molecular complexity index is 1150. The van der Waals surface area contributed by atoms with Crippen LogP contribution in [-0.4, -0.2) is 12.4 Å². The smallest absolute Gasteiger partial charge is 0.162 e. The highest BCUT2D eigenvalue weighted by molar-refractivity contribution is 6.00. The predicted octanol–water partition coefficient (Wildman–Crippen LogP) is 12.4. The van der Waals surface area contributed by atoms with Gasteiger partial charge in [-0.05, 0) is 59.5 Å². The minimum atomic E-state index is 0.254. The van der Waals surface area contributed by atoms with Gasteiger partial charge in [0.1, 0.15) is 18.1 Å². The standard InChI is InChI=1S/C40H58O3/c1-3-5-7-9-11-13-14-16-18-20-30-42-38-27-22-34(23-28-38)33-43-39-29-26-35-31-37(25-24-36(35)32-39)40(41)21-19-17-15-12-10-8-6-4-2/h22-29,31-32H,3-21,30,33H2,1-2H3. The molecular weight excluding hydrogens is 528 g/mol. The quantitative estimate of drug-likeness (QED) is 0.0731. The molecule has 0 heterocycles. The molecule has 0 N–H and O–H groups in total. The van der Waals surface area contributed by atoms with Crippen LogP contribution < -0.4 is 9.47 Å². The zero-order valence-corrected chi connectivity index (χ0v) is 27.3. The van der Waals surface area contributed by atoms with E-state index in [0.29, 0.717) is 13.0 Å². The third kappa shape index (κ3) is 14.5. The van der Waals surface area contributed by atoms with Crippen molar-refractivity contribution in [3.05, 3.63) is 71.8 Å². The van der Waals surface area contributed by atoms with E-state index in [1.165, 1.54) is 96.3 Å². The van der Waals surface area contributed by atoms with Crippen LogP contribution in [0.3, 0.4) is 0 Å². The Morgan fingerprint density at radius 2 is 1.02 bits per heavy atom. The van der Waals surface area contributed by atoms with Gasteiger partial charge in [0, 0.05) is 12.0 Å². The maximum atomic E-state index is 12.7. The summed E-state index contributed by atoms with van der Waals surface area (Å²) in [4.78, 5) is 12.7. The Morgan fingerprint density at radius 3 is 1.65 bits per heavy atom. The number of ether oxygens (including phenoxy) is 2. The average Bonchev–Trinajstić information content (AvgIpc) is 3.04. The van der Waals surface area contributed by atoms with Gasteiger partial charge in [-0.1, -0.05) is 147 Å². The monoisotopic (exact) mass is 586 g/mol. The van der Waals surface area contributed by atoms with Crippen LogP contribution in [0.4, 0.5) is 0 Å². The number of hydrogen-bond acceptors (Lipinski definition) is 3. The van der Waals surface area contributed by atoms with Crippen LogP contribution in [0.15, 0.2) is 60.7 Å². The molecule has 0 saturated heterocycles. The fraction of sp³-hybridized carbons (Fsp3) is 0.575. The Balaban J connectivity index is 1.31. The summed E-state index contributed by atoms with van der Waals surface area (Å²) in [5, 5.41) is 2.18. The molecule has 3 aromatic carbocycles. The molecule has 0 aliphatic rings. The van der Waals surface area contributed by atoms with Gasteiger partial charge in [-0.25, -0.2) is 0 Å². The van der Waals surface area contributed by atoms with Crippen molar-refractivity contribution in [1.29, 1.82) is 0 Å². The van der Waals surface area contributed by atoms with Crippen LogP contribution in [0.2, 0.25) is 0 Å². The van der Waals surface area contributed by atoms with E-state index >= 15 is 0 Å². The Labute approximate surface area is 262 Å². The van der Waals surface area contributed by atoms with Gasteiger partial charge in [-0.15, -0.1) is 0 Å². The molecule has 236 valence electrons. The minimum Gasteiger partial charge on any atom is -0.494 e. The number of carbonyl (C=O) groups excluding carboxylic acids is 1. The molecule has 0 atom stereocenters. The van der Waals surface area contributed by atoms with E-state index in [-0.39, 0.29) is 5.78 Å². The topological polar surface area (TPSA) is 35.5 Å². The van der Waals surface area contributed by atoms with Crippen molar-refractivity contribution in [3.63, 3.8) is 0 Å². The molecule has 43 heavy (non-hydrogen) atoms. The Hall–Kier alpha value is -2.81. The average molecular weight is 587 g/mol. The fourth-order valence-corrected chi connectivity index (χ4v) is 5.68. The summed E-state index contributed by atoms with van der Waals surface area (Å²) in [7, 11) is 0. The van der Waals surface area contributed by atoms with E-state index in [1.807, 2.05) is 36.4 Å². The van der Waals surface area contributed by atoms with Gasteiger partial charge in [0.2, 0.25) is 0 Å². The first kappa shape index (κ1) is 34.7. The van der Waals surface area contributed by atoms with Gasteiger partial charge >= 0.3 is 0 Å². The van der Waals surface area contributed by atoms with E-state index in [9.17, 15) is 4.79 Å². The summed E-state index contributed by atoms with van der Waals surface area (Å²) in [5.74, 6) is 2.02. The fourth-order valence-electron chi connectivity index (χ4n) is 5.68. The SMILES string of the molecule is CCCCCCCCCCCCOc1ccc(COc2ccc3cc(C(=O)CCCCCCCCCC)ccc3c2)cc1. The van der Waals surface area contributed by atoms with Crippen molar-refractivity contribution in [2.45, 2.75) is 142 Å². The highest BCUT2D eigenvalue weighted by Gasteiger charge is 2.08. The molecule has 3 aromatic rings. The molecule has 0 bridgehead atoms. The number of Topliss-reactive ketones (excluding diaryl/α,β-unsaturated/α-hetero) is 1. The number of carbonyl (C=O) groups is 1. The normalized spacial score (nSPS) is 11.2. The predicted molar refractivity (Wildman–Crippen MR) is 184 cm³/mol. The van der Waals surface area contributed by atoms with Crippen LogP contribution in [-0.2, 0) is 6.61 Å². The first-order valence-electron chi connectivity index (χ1n) is 17.6. The van der Waals surface area contributed by atoms with Crippen molar-refractivity contribution in [1.82, 2.24) is 0 Å². The van der Waals surface area contributed by atoms with Gasteiger partial charge < -0.3 is 9.47 Å². The lowest BCUT2D eigenvalue weighted by molar-refractivity contribution is 0.0979. The summed E-state index contributed by atoms with van der Waals surface area (Å²) in [6, 6.07) is 20.4. The third-order valence-electron chi connectivity index (χ3n) is 8.49. The highest BCUT2D eigenvalue weighted by Crippen LogP contribution is 2.24. The molecule has 0 aliphatic carbocycles. The molecule has 0 aromatic heterocycles. The van der Waals surface area contributed by atoms with E-state index in [0.717, 1.165) is 59.3 Å². The number of fused-ring (bicyclic) bond motifs is 1. The first-order valence-corrected chi connectivity index (χ1v) is 17.6. The van der Waals surface area contributed by atoms with Gasteiger partial charge in [0.15, 0.2) is 5.78 Å². The van der Waals surface area contributed by atoms with E-state index in [2.05, 4.69) is 38.1 Å². The molecule has 0 radical (unpaired) electrons. The number of ketones is 1. The molecule has 0 unspecified atom stereocenters. The largest absolute Gasteiger partial charge is 0.494 e. The van der Waals surface area contributed by atoms with E-state index in [1.54, 1.807) is 0 Å². The maximum Gasteiger partial charge on any atom is 0.162 e. The second-order valence-corrected chi connectivity index (χ2v) is 12.3. The summed E-state index contributed by atoms with van der Waals surface area (Å²) in [6.07, 6.45) is 24.0. The highest BCUT2D eigenvalue weighted by atomic mass is 16.5. The molecule has 0 saturated carbocycles. The van der Waals surface area contributed by atoms with Crippen LogP contribution in [0.25, 0.3) is 10.8 Å². The molecule has 3 nitrogen and oxygen atoms in total. The molecule has 3 heteroatoms. The van der Waals surface area contributed by atoms with Crippen LogP contribution >= 0.6 is 0 Å². The second-order valence-electron chi connectivity index (χ2n) is 12.3. The van der Waals surface area contributed by atoms with Gasteiger partial charge in [-0.3, -0.25) is 4.79 Å². The number of hydrogen-bond donors (Lipinski definition) is 0. The van der Waals surface area contributed by atoms with Crippen molar-refractivity contribution >= 4 is 16.6 Å². The van der Waals surface area contributed by atoms with Crippen molar-refractivity contribution < 1.29 is 14.3 Å². The van der Waals surface area contributed by atoms with E-state index < -0.39 is 0 Å². The van der Waals surface area contributed by atoms with Gasteiger partial charge in [0.25, 0.3) is 0 Å². The molecule has 0 spiro atoms. The zero-order chi connectivity index (χ0) is 30.4. The summed E-state index contributed by atoms with van der Waals surface area (Å²) in [5.41, 5.74) is 1.94. The molecular formula is C40H58O3.